The molecule has 2 aromatic rings. The number of pyridine rings is 1. The molecule has 2 rings (SSSR count). The highest BCUT2D eigenvalue weighted by Crippen LogP contribution is 2.27. The first-order valence-electron chi connectivity index (χ1n) is 5.02. The first-order chi connectivity index (χ1) is 7.58. The average Bonchev–Trinajstić information content (AvgIpc) is 2.61. The van der Waals surface area contributed by atoms with Gasteiger partial charge in [-0.15, -0.1) is 11.3 Å². The Morgan fingerprint density at radius 1 is 1.38 bits per heavy atom. The molecule has 3 nitrogen and oxygen atoms in total. The van der Waals surface area contributed by atoms with Crippen molar-refractivity contribution in [3.63, 3.8) is 0 Å². The molecule has 0 atom stereocenters. The van der Waals surface area contributed by atoms with Crippen LogP contribution in [0.1, 0.15) is 22.3 Å². The molecule has 0 saturated heterocycles. The fraction of sp³-hybridized carbons (Fsp3) is 0.250. The quantitative estimate of drug-likeness (QED) is 0.588. The van der Waals surface area contributed by atoms with Crippen LogP contribution in [0.15, 0.2) is 24.5 Å². The lowest BCUT2D eigenvalue weighted by molar-refractivity contribution is -0.671. The number of nitrogens with zero attached hydrogens (tertiary/aromatic N) is 2. The van der Waals surface area contributed by atoms with Gasteiger partial charge in [0.1, 0.15) is 12.1 Å². The minimum atomic E-state index is 0.0859. The van der Waals surface area contributed by atoms with Crippen molar-refractivity contribution in [1.29, 1.82) is 0 Å². The number of thiazole rings is 1. The summed E-state index contributed by atoms with van der Waals surface area (Å²) >= 11 is 1.46. The molecule has 0 spiro atoms. The van der Waals surface area contributed by atoms with Gasteiger partial charge in [0.05, 0.1) is 10.6 Å². The lowest BCUT2D eigenvalue weighted by atomic mass is 10.3. The maximum atomic E-state index is 11.3. The molecule has 2 heterocycles. The molecule has 82 valence electrons. The van der Waals surface area contributed by atoms with Gasteiger partial charge >= 0.3 is 0 Å². The van der Waals surface area contributed by atoms with E-state index in [1.54, 1.807) is 6.92 Å². The average molecular weight is 233 g/mol. The minimum absolute atomic E-state index is 0.0859. The molecule has 0 amide bonds. The topological polar surface area (TPSA) is 33.8 Å². The Kier molecular flexibility index (Phi) is 2.83. The monoisotopic (exact) mass is 233 g/mol. The number of carbonyl (C=O) groups is 1. The summed E-state index contributed by atoms with van der Waals surface area (Å²) in [5.74, 6) is 0.0859. The highest BCUT2D eigenvalue weighted by atomic mass is 32.1. The van der Waals surface area contributed by atoms with Crippen LogP contribution in [0, 0.1) is 6.92 Å². The highest BCUT2D eigenvalue weighted by Gasteiger charge is 2.12. The molecule has 0 unspecified atom stereocenters. The summed E-state index contributed by atoms with van der Waals surface area (Å²) in [6.45, 7) is 3.45. The van der Waals surface area contributed by atoms with Crippen molar-refractivity contribution in [2.45, 2.75) is 13.8 Å². The summed E-state index contributed by atoms with van der Waals surface area (Å²) < 4.78 is 1.97. The molecule has 0 aliphatic rings. The van der Waals surface area contributed by atoms with E-state index in [1.807, 2.05) is 43.1 Å². The standard InChI is InChI=1S/C12H13N2OS/c1-8-11(9(2)15)16-12(13-8)10-4-6-14(3)7-5-10/h4-7H,1-3H3/q+1. The first-order valence-corrected chi connectivity index (χ1v) is 5.83. The van der Waals surface area contributed by atoms with Gasteiger partial charge in [-0.2, -0.15) is 0 Å². The van der Waals surface area contributed by atoms with Gasteiger partial charge in [-0.1, -0.05) is 0 Å². The largest absolute Gasteiger partial charge is 0.294 e. The first kappa shape index (κ1) is 11.0. The second-order valence-electron chi connectivity index (χ2n) is 3.74. The van der Waals surface area contributed by atoms with Gasteiger partial charge in [0.25, 0.3) is 0 Å². The number of carbonyl (C=O) groups excluding carboxylic acids is 1. The number of ketones is 1. The van der Waals surface area contributed by atoms with Crippen LogP contribution in [0.4, 0.5) is 0 Å². The zero-order valence-corrected chi connectivity index (χ0v) is 10.3. The van der Waals surface area contributed by atoms with Crippen LogP contribution in [0.5, 0.6) is 0 Å². The van der Waals surface area contributed by atoms with Gasteiger partial charge in [0, 0.05) is 24.6 Å². The number of hydrogen-bond acceptors (Lipinski definition) is 3. The van der Waals surface area contributed by atoms with Crippen LogP contribution in [0.3, 0.4) is 0 Å². The maximum Gasteiger partial charge on any atom is 0.171 e. The third-order valence-electron chi connectivity index (χ3n) is 2.34. The Balaban J connectivity index is 2.45. The Morgan fingerprint density at radius 3 is 2.50 bits per heavy atom. The van der Waals surface area contributed by atoms with Crippen LogP contribution in [-0.4, -0.2) is 10.8 Å². The van der Waals surface area contributed by atoms with Gasteiger partial charge < -0.3 is 0 Å². The fourth-order valence-electron chi connectivity index (χ4n) is 1.49. The van der Waals surface area contributed by atoms with Gasteiger partial charge in [-0.3, -0.25) is 4.79 Å². The van der Waals surface area contributed by atoms with Crippen molar-refractivity contribution >= 4 is 17.1 Å². The molecule has 0 N–H and O–H groups in total. The summed E-state index contributed by atoms with van der Waals surface area (Å²) in [5, 5.41) is 0.906. The van der Waals surface area contributed by atoms with Gasteiger partial charge in [-0.25, -0.2) is 9.55 Å². The molecule has 0 aliphatic heterocycles. The smallest absolute Gasteiger partial charge is 0.171 e. The van der Waals surface area contributed by atoms with Crippen molar-refractivity contribution in [2.24, 2.45) is 7.05 Å². The number of aryl methyl sites for hydroxylation is 2. The molecule has 2 aromatic heterocycles. The summed E-state index contributed by atoms with van der Waals surface area (Å²) in [4.78, 5) is 16.5. The van der Waals surface area contributed by atoms with Crippen LogP contribution in [0.2, 0.25) is 0 Å². The third-order valence-corrected chi connectivity index (χ3v) is 3.65. The van der Waals surface area contributed by atoms with E-state index in [2.05, 4.69) is 4.98 Å². The van der Waals surface area contributed by atoms with E-state index in [4.69, 9.17) is 0 Å². The summed E-state index contributed by atoms with van der Waals surface area (Å²) in [6.07, 6.45) is 3.94. The molecule has 0 saturated carbocycles. The zero-order valence-electron chi connectivity index (χ0n) is 9.52. The Labute approximate surface area is 98.4 Å². The normalized spacial score (nSPS) is 10.4. The number of rotatable bonds is 2. The van der Waals surface area contributed by atoms with E-state index < -0.39 is 0 Å². The lowest BCUT2D eigenvalue weighted by Gasteiger charge is -1.92. The minimum Gasteiger partial charge on any atom is -0.294 e. The Bertz CT molecular complexity index is 528. The second-order valence-corrected chi connectivity index (χ2v) is 4.74. The lowest BCUT2D eigenvalue weighted by Crippen LogP contribution is -2.25. The second kappa shape index (κ2) is 4.14. The molecule has 16 heavy (non-hydrogen) atoms. The van der Waals surface area contributed by atoms with E-state index in [1.165, 1.54) is 11.3 Å². The van der Waals surface area contributed by atoms with E-state index in [-0.39, 0.29) is 5.78 Å². The van der Waals surface area contributed by atoms with Crippen molar-refractivity contribution < 1.29 is 9.36 Å². The molecule has 0 bridgehead atoms. The van der Waals surface area contributed by atoms with Crippen molar-refractivity contribution in [2.75, 3.05) is 0 Å². The zero-order chi connectivity index (χ0) is 11.7. The van der Waals surface area contributed by atoms with E-state index in [9.17, 15) is 4.79 Å². The van der Waals surface area contributed by atoms with Gasteiger partial charge in [0.15, 0.2) is 18.2 Å². The fourth-order valence-corrected chi connectivity index (χ4v) is 2.46. The third kappa shape index (κ3) is 2.02. The number of hydrogen-bond donors (Lipinski definition) is 0. The van der Waals surface area contributed by atoms with Crippen LogP contribution >= 0.6 is 11.3 Å². The predicted molar refractivity (Wildman–Crippen MR) is 63.5 cm³/mol. The van der Waals surface area contributed by atoms with Crippen LogP contribution in [0.25, 0.3) is 10.6 Å². The molecule has 0 aliphatic carbocycles. The molecular formula is C12H13N2OS+. The van der Waals surface area contributed by atoms with Crippen molar-refractivity contribution in [3.05, 3.63) is 35.1 Å². The Hall–Kier alpha value is -1.55. The molecule has 0 radical (unpaired) electrons. The molecule has 0 fully saturated rings. The Morgan fingerprint density at radius 2 is 2.00 bits per heavy atom. The predicted octanol–water partition coefficient (Wildman–Crippen LogP) is 2.15. The van der Waals surface area contributed by atoms with E-state index in [0.29, 0.717) is 0 Å². The summed E-state index contributed by atoms with van der Waals surface area (Å²) in [5.41, 5.74) is 1.87. The summed E-state index contributed by atoms with van der Waals surface area (Å²) in [7, 11) is 1.97. The van der Waals surface area contributed by atoms with Crippen molar-refractivity contribution in [1.82, 2.24) is 4.98 Å². The molecule has 0 aromatic carbocycles. The summed E-state index contributed by atoms with van der Waals surface area (Å²) in [6, 6.07) is 4.00. The van der Waals surface area contributed by atoms with Crippen LogP contribution < -0.4 is 4.57 Å². The van der Waals surface area contributed by atoms with Crippen molar-refractivity contribution in [3.8, 4) is 10.6 Å². The molecular weight excluding hydrogens is 220 g/mol. The number of Topliss-reactive ketones (excluding diaryl/α,β-unsaturated/α-hetero) is 1. The SMILES string of the molecule is CC(=O)c1sc(-c2cc[n+](C)cc2)nc1C. The highest BCUT2D eigenvalue weighted by molar-refractivity contribution is 7.17. The molecule has 4 heteroatoms. The van der Waals surface area contributed by atoms with E-state index in [0.717, 1.165) is 21.1 Å². The number of aromatic nitrogens is 2. The van der Waals surface area contributed by atoms with Gasteiger partial charge in [0.2, 0.25) is 0 Å². The van der Waals surface area contributed by atoms with E-state index >= 15 is 0 Å². The van der Waals surface area contributed by atoms with Gasteiger partial charge in [-0.05, 0) is 6.92 Å². The maximum absolute atomic E-state index is 11.3. The van der Waals surface area contributed by atoms with Crippen LogP contribution in [-0.2, 0) is 7.05 Å².